The number of fused-ring (bicyclic) bond motifs is 1. The first kappa shape index (κ1) is 14.1. The van der Waals surface area contributed by atoms with E-state index in [2.05, 4.69) is 41.8 Å². The number of nitrogens with one attached hydrogen (secondary N) is 1. The summed E-state index contributed by atoms with van der Waals surface area (Å²) in [5.41, 5.74) is 7.21. The third kappa shape index (κ3) is 3.09. The van der Waals surface area contributed by atoms with Crippen LogP contribution in [0.25, 0.3) is 0 Å². The Balaban J connectivity index is 1.64. The molecule has 3 heteroatoms. The van der Waals surface area contributed by atoms with Gasteiger partial charge in [0.05, 0.1) is 7.11 Å². The normalized spacial score (nSPS) is 17.7. The Bertz CT molecular complexity index is 612. The van der Waals surface area contributed by atoms with E-state index in [-0.39, 0.29) is 6.04 Å². The maximum absolute atomic E-state index is 5.76. The lowest BCUT2D eigenvalue weighted by Gasteiger charge is -2.33. The highest BCUT2D eigenvalue weighted by Gasteiger charge is 2.27. The van der Waals surface area contributed by atoms with Crippen LogP contribution < -0.4 is 16.0 Å². The fourth-order valence-electron chi connectivity index (χ4n) is 3.21. The van der Waals surface area contributed by atoms with Gasteiger partial charge in [-0.1, -0.05) is 36.4 Å². The highest BCUT2D eigenvalue weighted by molar-refractivity contribution is 5.40. The van der Waals surface area contributed by atoms with Crippen LogP contribution >= 0.6 is 0 Å². The molecule has 21 heavy (non-hydrogen) atoms. The predicted molar refractivity (Wildman–Crippen MR) is 85.3 cm³/mol. The predicted octanol–water partition coefficient (Wildman–Crippen LogP) is 2.80. The fourth-order valence-corrected chi connectivity index (χ4v) is 3.21. The van der Waals surface area contributed by atoms with Crippen LogP contribution in [0.15, 0.2) is 48.5 Å². The maximum atomic E-state index is 5.76. The minimum atomic E-state index is 0.287. The lowest BCUT2D eigenvalue weighted by molar-refractivity contribution is 0.409. The van der Waals surface area contributed by atoms with E-state index in [1.165, 1.54) is 23.1 Å². The van der Waals surface area contributed by atoms with Gasteiger partial charge in [0, 0.05) is 6.04 Å². The van der Waals surface area contributed by atoms with Gasteiger partial charge in [0.15, 0.2) is 0 Å². The monoisotopic (exact) mass is 282 g/mol. The molecule has 0 bridgehead atoms. The van der Waals surface area contributed by atoms with E-state index in [1.807, 2.05) is 12.1 Å². The van der Waals surface area contributed by atoms with E-state index in [0.717, 1.165) is 18.6 Å². The largest absolute Gasteiger partial charge is 0.497 e. The summed E-state index contributed by atoms with van der Waals surface area (Å²) >= 11 is 0. The number of nitrogens with two attached hydrogens (primary N) is 1. The maximum Gasteiger partial charge on any atom is 0.119 e. The zero-order valence-corrected chi connectivity index (χ0v) is 12.4. The van der Waals surface area contributed by atoms with Crippen molar-refractivity contribution in [3.63, 3.8) is 0 Å². The molecule has 0 radical (unpaired) electrons. The molecule has 0 amide bonds. The van der Waals surface area contributed by atoms with Crippen LogP contribution in [-0.2, 0) is 12.8 Å². The van der Waals surface area contributed by atoms with Crippen molar-refractivity contribution < 1.29 is 4.74 Å². The second kappa shape index (κ2) is 6.29. The Morgan fingerprint density at radius 3 is 2.86 bits per heavy atom. The van der Waals surface area contributed by atoms with Gasteiger partial charge in [-0.2, -0.15) is 0 Å². The van der Waals surface area contributed by atoms with Crippen LogP contribution in [-0.4, -0.2) is 13.2 Å². The minimum absolute atomic E-state index is 0.287. The Morgan fingerprint density at radius 1 is 1.24 bits per heavy atom. The zero-order chi connectivity index (χ0) is 14.7. The molecule has 2 aromatic rings. The SMILES string of the molecule is COc1cccc(CC(CC2Cc3ccccc32)NN)c1. The summed E-state index contributed by atoms with van der Waals surface area (Å²) in [6, 6.07) is 17.2. The first-order valence-electron chi connectivity index (χ1n) is 7.47. The van der Waals surface area contributed by atoms with Crippen LogP contribution in [0.5, 0.6) is 5.75 Å². The average Bonchev–Trinajstić information content (AvgIpc) is 2.51. The highest BCUT2D eigenvalue weighted by Crippen LogP contribution is 2.38. The third-order valence-corrected chi connectivity index (χ3v) is 4.38. The molecule has 3 nitrogen and oxygen atoms in total. The number of methoxy groups -OCH3 is 1. The van der Waals surface area contributed by atoms with Crippen molar-refractivity contribution in [3.8, 4) is 5.75 Å². The van der Waals surface area contributed by atoms with Crippen molar-refractivity contribution in [2.75, 3.05) is 7.11 Å². The molecule has 110 valence electrons. The van der Waals surface area contributed by atoms with Crippen LogP contribution in [0.2, 0.25) is 0 Å². The summed E-state index contributed by atoms with van der Waals surface area (Å²) in [5, 5.41) is 0. The van der Waals surface area contributed by atoms with Gasteiger partial charge in [-0.3, -0.25) is 11.3 Å². The summed E-state index contributed by atoms with van der Waals surface area (Å²) in [7, 11) is 1.70. The molecular weight excluding hydrogens is 260 g/mol. The molecule has 0 spiro atoms. The van der Waals surface area contributed by atoms with E-state index in [9.17, 15) is 0 Å². The van der Waals surface area contributed by atoms with Gasteiger partial charge < -0.3 is 4.74 Å². The summed E-state index contributed by atoms with van der Waals surface area (Å²) in [5.74, 6) is 7.29. The lowest BCUT2D eigenvalue weighted by atomic mass is 9.74. The number of hydrogen-bond donors (Lipinski definition) is 2. The minimum Gasteiger partial charge on any atom is -0.497 e. The van der Waals surface area contributed by atoms with E-state index in [0.29, 0.717) is 5.92 Å². The molecular formula is C18H22N2O. The quantitative estimate of drug-likeness (QED) is 0.632. The van der Waals surface area contributed by atoms with E-state index >= 15 is 0 Å². The van der Waals surface area contributed by atoms with Crippen molar-refractivity contribution in [1.29, 1.82) is 0 Å². The molecule has 2 aromatic carbocycles. The molecule has 3 rings (SSSR count). The van der Waals surface area contributed by atoms with E-state index in [4.69, 9.17) is 10.6 Å². The first-order valence-corrected chi connectivity index (χ1v) is 7.47. The standard InChI is InChI=1S/C18H22N2O/c1-21-17-7-4-5-13(10-17)9-16(20-19)12-15-11-14-6-2-3-8-18(14)15/h2-8,10,15-16,20H,9,11-12,19H2,1H3. The van der Waals surface area contributed by atoms with Gasteiger partial charge in [-0.15, -0.1) is 0 Å². The van der Waals surface area contributed by atoms with Crippen LogP contribution in [0.4, 0.5) is 0 Å². The molecule has 1 aliphatic rings. The third-order valence-electron chi connectivity index (χ3n) is 4.38. The highest BCUT2D eigenvalue weighted by atomic mass is 16.5. The Hall–Kier alpha value is -1.84. The molecule has 0 fully saturated rings. The Kier molecular flexibility index (Phi) is 4.23. The van der Waals surface area contributed by atoms with Crippen molar-refractivity contribution in [1.82, 2.24) is 5.43 Å². The lowest BCUT2D eigenvalue weighted by Crippen LogP contribution is -2.39. The van der Waals surface area contributed by atoms with Crippen molar-refractivity contribution in [2.24, 2.45) is 5.84 Å². The Labute approximate surface area is 126 Å². The molecule has 2 atom stereocenters. The number of hydrogen-bond acceptors (Lipinski definition) is 3. The van der Waals surface area contributed by atoms with Gasteiger partial charge in [-0.25, -0.2) is 0 Å². The molecule has 0 saturated carbocycles. The van der Waals surface area contributed by atoms with Crippen LogP contribution in [0.3, 0.4) is 0 Å². The summed E-state index contributed by atoms with van der Waals surface area (Å²) in [6.45, 7) is 0. The van der Waals surface area contributed by atoms with Crippen molar-refractivity contribution >= 4 is 0 Å². The molecule has 0 heterocycles. The molecule has 0 aliphatic heterocycles. The molecule has 3 N–H and O–H groups in total. The van der Waals surface area contributed by atoms with E-state index in [1.54, 1.807) is 7.11 Å². The fraction of sp³-hybridized carbons (Fsp3) is 0.333. The summed E-state index contributed by atoms with van der Waals surface area (Å²) in [4.78, 5) is 0. The average molecular weight is 282 g/mol. The summed E-state index contributed by atoms with van der Waals surface area (Å²) in [6.07, 6.45) is 3.17. The van der Waals surface area contributed by atoms with Crippen LogP contribution in [0, 0.1) is 0 Å². The van der Waals surface area contributed by atoms with Crippen molar-refractivity contribution in [2.45, 2.75) is 31.2 Å². The molecule has 0 aromatic heterocycles. The smallest absolute Gasteiger partial charge is 0.119 e. The Morgan fingerprint density at radius 2 is 2.10 bits per heavy atom. The van der Waals surface area contributed by atoms with Gasteiger partial charge >= 0.3 is 0 Å². The van der Waals surface area contributed by atoms with Gasteiger partial charge in [0.2, 0.25) is 0 Å². The first-order chi connectivity index (χ1) is 10.3. The molecule has 1 aliphatic carbocycles. The number of rotatable bonds is 6. The summed E-state index contributed by atoms with van der Waals surface area (Å²) < 4.78 is 5.28. The molecule has 2 unspecified atom stereocenters. The number of hydrazine groups is 1. The number of benzene rings is 2. The second-order valence-electron chi connectivity index (χ2n) is 5.75. The van der Waals surface area contributed by atoms with E-state index < -0.39 is 0 Å². The van der Waals surface area contributed by atoms with Crippen molar-refractivity contribution in [3.05, 3.63) is 65.2 Å². The topological polar surface area (TPSA) is 47.3 Å². The zero-order valence-electron chi connectivity index (χ0n) is 12.4. The van der Waals surface area contributed by atoms with Gasteiger partial charge in [0.25, 0.3) is 0 Å². The van der Waals surface area contributed by atoms with Gasteiger partial charge in [0.1, 0.15) is 5.75 Å². The van der Waals surface area contributed by atoms with Crippen LogP contribution in [0.1, 0.15) is 29.0 Å². The number of ether oxygens (including phenoxy) is 1. The van der Waals surface area contributed by atoms with Gasteiger partial charge in [-0.05, 0) is 54.0 Å². The molecule has 0 saturated heterocycles. The second-order valence-corrected chi connectivity index (χ2v) is 5.75.